The minimum absolute atomic E-state index is 0.0732. The van der Waals surface area contributed by atoms with Gasteiger partial charge in [0.2, 0.25) is 0 Å². The number of rotatable bonds is 4. The second-order valence-corrected chi connectivity index (χ2v) is 6.90. The van der Waals surface area contributed by atoms with Crippen LogP contribution in [0.4, 0.5) is 5.82 Å². The van der Waals surface area contributed by atoms with E-state index >= 15 is 0 Å². The maximum Gasteiger partial charge on any atom is 0.254 e. The number of amides is 1. The number of aryl methyl sites for hydroxylation is 1. The van der Waals surface area contributed by atoms with Crippen LogP contribution in [0.25, 0.3) is 10.2 Å². The Labute approximate surface area is 143 Å². The van der Waals surface area contributed by atoms with Gasteiger partial charge >= 0.3 is 0 Å². The normalized spacial score (nSPS) is 14.6. The molecule has 0 aliphatic carbocycles. The predicted octanol–water partition coefficient (Wildman–Crippen LogP) is 2.59. The number of anilines is 1. The molecule has 4 rings (SSSR count). The Bertz CT molecular complexity index is 873. The van der Waals surface area contributed by atoms with Crippen molar-refractivity contribution in [1.82, 2.24) is 19.9 Å². The van der Waals surface area contributed by atoms with E-state index in [1.807, 2.05) is 29.2 Å². The first-order valence-electron chi connectivity index (χ1n) is 7.94. The molecule has 1 N–H and O–H groups in total. The standard InChI is InChI=1S/C17H17N5OS/c1-2-16-21-13-4-3-11(7-14(13)24-16)17(23)22-8-12(9-22)20-15-5-6-18-10-19-15/h3-7,10,12H,2,8-9H2,1H3,(H,18,19,20). The van der Waals surface area contributed by atoms with Crippen molar-refractivity contribution in [2.75, 3.05) is 18.4 Å². The zero-order chi connectivity index (χ0) is 16.5. The van der Waals surface area contributed by atoms with Crippen LogP contribution in [0.3, 0.4) is 0 Å². The van der Waals surface area contributed by atoms with Gasteiger partial charge in [-0.25, -0.2) is 15.0 Å². The summed E-state index contributed by atoms with van der Waals surface area (Å²) in [5.41, 5.74) is 1.70. The van der Waals surface area contributed by atoms with Crippen LogP contribution in [0, 0.1) is 0 Å². The fraction of sp³-hybridized carbons (Fsp3) is 0.294. The molecule has 1 saturated heterocycles. The Morgan fingerprint density at radius 2 is 2.25 bits per heavy atom. The Balaban J connectivity index is 1.42. The largest absolute Gasteiger partial charge is 0.364 e. The first kappa shape index (κ1) is 15.0. The third kappa shape index (κ3) is 2.82. The summed E-state index contributed by atoms with van der Waals surface area (Å²) in [6.07, 6.45) is 4.13. The molecule has 122 valence electrons. The lowest BCUT2D eigenvalue weighted by molar-refractivity contribution is 0.0625. The Hall–Kier alpha value is -2.54. The van der Waals surface area contributed by atoms with Gasteiger partial charge in [0.05, 0.1) is 21.3 Å². The molecule has 6 nitrogen and oxygen atoms in total. The number of hydrogen-bond donors (Lipinski definition) is 1. The molecule has 0 unspecified atom stereocenters. The lowest BCUT2D eigenvalue weighted by atomic mass is 10.1. The number of fused-ring (bicyclic) bond motifs is 1. The summed E-state index contributed by atoms with van der Waals surface area (Å²) in [6, 6.07) is 7.83. The smallest absolute Gasteiger partial charge is 0.254 e. The monoisotopic (exact) mass is 339 g/mol. The number of carbonyl (C=O) groups is 1. The number of nitrogens with zero attached hydrogens (tertiary/aromatic N) is 4. The molecule has 3 aromatic rings. The van der Waals surface area contributed by atoms with Gasteiger partial charge in [0.1, 0.15) is 12.1 Å². The Kier molecular flexibility index (Phi) is 3.86. The van der Waals surface area contributed by atoms with Gasteiger partial charge in [-0.05, 0) is 30.7 Å². The van der Waals surface area contributed by atoms with Gasteiger partial charge in [0, 0.05) is 24.8 Å². The van der Waals surface area contributed by atoms with Gasteiger partial charge in [-0.1, -0.05) is 6.92 Å². The molecule has 2 aromatic heterocycles. The number of aromatic nitrogens is 3. The van der Waals surface area contributed by atoms with Crippen LogP contribution in [0.5, 0.6) is 0 Å². The van der Waals surface area contributed by atoms with Gasteiger partial charge in [-0.3, -0.25) is 4.79 Å². The highest BCUT2D eigenvalue weighted by atomic mass is 32.1. The summed E-state index contributed by atoms with van der Waals surface area (Å²) < 4.78 is 1.08. The zero-order valence-electron chi connectivity index (χ0n) is 13.3. The van der Waals surface area contributed by atoms with Crippen LogP contribution >= 0.6 is 11.3 Å². The first-order valence-corrected chi connectivity index (χ1v) is 8.76. The molecule has 0 radical (unpaired) electrons. The molecule has 1 aliphatic rings. The third-order valence-corrected chi connectivity index (χ3v) is 5.25. The van der Waals surface area contributed by atoms with E-state index in [1.165, 1.54) is 6.33 Å². The number of benzene rings is 1. The summed E-state index contributed by atoms with van der Waals surface area (Å²) in [4.78, 5) is 27.0. The van der Waals surface area contributed by atoms with Gasteiger partial charge < -0.3 is 10.2 Å². The minimum Gasteiger partial charge on any atom is -0.364 e. The van der Waals surface area contributed by atoms with Gasteiger partial charge in [-0.2, -0.15) is 0 Å². The predicted molar refractivity (Wildman–Crippen MR) is 94.3 cm³/mol. The number of hydrogen-bond acceptors (Lipinski definition) is 6. The number of carbonyl (C=O) groups excluding carboxylic acids is 1. The second-order valence-electron chi connectivity index (χ2n) is 5.79. The minimum atomic E-state index is 0.0732. The van der Waals surface area contributed by atoms with Crippen LogP contribution in [0.2, 0.25) is 0 Å². The highest BCUT2D eigenvalue weighted by molar-refractivity contribution is 7.18. The molecule has 1 aliphatic heterocycles. The van der Waals surface area contributed by atoms with Crippen molar-refractivity contribution in [3.63, 3.8) is 0 Å². The lowest BCUT2D eigenvalue weighted by Crippen LogP contribution is -2.57. The summed E-state index contributed by atoms with van der Waals surface area (Å²) in [6.45, 7) is 3.46. The fourth-order valence-electron chi connectivity index (χ4n) is 2.76. The maximum atomic E-state index is 12.6. The van der Waals surface area contributed by atoms with Crippen LogP contribution in [0.1, 0.15) is 22.3 Å². The van der Waals surface area contributed by atoms with E-state index in [0.717, 1.165) is 33.0 Å². The summed E-state index contributed by atoms with van der Waals surface area (Å²) in [7, 11) is 0. The SMILES string of the molecule is CCc1nc2ccc(C(=O)N3CC(Nc4ccncn4)C3)cc2s1. The van der Waals surface area contributed by atoms with Gasteiger partial charge in [0.25, 0.3) is 5.91 Å². The molecular weight excluding hydrogens is 322 g/mol. The van der Waals surface area contributed by atoms with E-state index in [2.05, 4.69) is 27.2 Å². The van der Waals surface area contributed by atoms with Crippen molar-refractivity contribution >= 4 is 33.3 Å². The molecular formula is C17H17N5OS. The van der Waals surface area contributed by atoms with Crippen molar-refractivity contribution in [2.24, 2.45) is 0 Å². The third-order valence-electron chi connectivity index (χ3n) is 4.08. The second kappa shape index (κ2) is 6.16. The molecule has 1 fully saturated rings. The van der Waals surface area contributed by atoms with Crippen LogP contribution in [0.15, 0.2) is 36.8 Å². The van der Waals surface area contributed by atoms with Crippen LogP contribution < -0.4 is 5.32 Å². The molecule has 3 heterocycles. The van der Waals surface area contributed by atoms with E-state index < -0.39 is 0 Å². The molecule has 24 heavy (non-hydrogen) atoms. The molecule has 7 heteroatoms. The van der Waals surface area contributed by atoms with Crippen molar-refractivity contribution in [3.05, 3.63) is 47.4 Å². The van der Waals surface area contributed by atoms with Crippen molar-refractivity contribution in [1.29, 1.82) is 0 Å². The van der Waals surface area contributed by atoms with Gasteiger partial charge in [-0.15, -0.1) is 11.3 Å². The highest BCUT2D eigenvalue weighted by Crippen LogP contribution is 2.25. The summed E-state index contributed by atoms with van der Waals surface area (Å²) >= 11 is 1.66. The van der Waals surface area contributed by atoms with E-state index in [4.69, 9.17) is 0 Å². The van der Waals surface area contributed by atoms with E-state index in [9.17, 15) is 4.79 Å². The topological polar surface area (TPSA) is 71.0 Å². The lowest BCUT2D eigenvalue weighted by Gasteiger charge is -2.39. The molecule has 0 saturated carbocycles. The van der Waals surface area contributed by atoms with Crippen molar-refractivity contribution < 1.29 is 4.79 Å². The van der Waals surface area contributed by atoms with Gasteiger partial charge in [0.15, 0.2) is 0 Å². The van der Waals surface area contributed by atoms with E-state index in [0.29, 0.717) is 13.1 Å². The zero-order valence-corrected chi connectivity index (χ0v) is 14.1. The highest BCUT2D eigenvalue weighted by Gasteiger charge is 2.31. The summed E-state index contributed by atoms with van der Waals surface area (Å²) in [5.74, 6) is 0.865. The Morgan fingerprint density at radius 1 is 1.38 bits per heavy atom. The summed E-state index contributed by atoms with van der Waals surface area (Å²) in [5, 5.41) is 4.41. The Morgan fingerprint density at radius 3 is 3.00 bits per heavy atom. The first-order chi connectivity index (χ1) is 11.7. The molecule has 1 aromatic carbocycles. The average molecular weight is 339 g/mol. The number of thiazole rings is 1. The van der Waals surface area contributed by atoms with Crippen molar-refractivity contribution in [3.8, 4) is 0 Å². The van der Waals surface area contributed by atoms with Crippen LogP contribution in [-0.4, -0.2) is 44.9 Å². The molecule has 0 atom stereocenters. The number of likely N-dealkylation sites (tertiary alicyclic amines) is 1. The number of nitrogens with one attached hydrogen (secondary N) is 1. The van der Waals surface area contributed by atoms with E-state index in [1.54, 1.807) is 17.5 Å². The molecule has 0 spiro atoms. The average Bonchev–Trinajstić information content (AvgIpc) is 3.00. The van der Waals surface area contributed by atoms with E-state index in [-0.39, 0.29) is 11.9 Å². The quantitative estimate of drug-likeness (QED) is 0.791. The van der Waals surface area contributed by atoms with Crippen molar-refractivity contribution in [2.45, 2.75) is 19.4 Å². The maximum absolute atomic E-state index is 12.6. The fourth-order valence-corrected chi connectivity index (χ4v) is 3.71. The molecule has 1 amide bonds. The molecule has 0 bridgehead atoms. The van der Waals surface area contributed by atoms with Crippen LogP contribution in [-0.2, 0) is 6.42 Å².